The topological polar surface area (TPSA) is 110 Å². The maximum absolute atomic E-state index is 11.6. The van der Waals surface area contributed by atoms with E-state index in [4.69, 9.17) is 9.47 Å². The molecular formula is C26H40O7. The minimum Gasteiger partial charge on any atom is -0.481 e. The summed E-state index contributed by atoms with van der Waals surface area (Å²) in [5, 5.41) is 19.6. The summed E-state index contributed by atoms with van der Waals surface area (Å²) in [6.07, 6.45) is 5.92. The van der Waals surface area contributed by atoms with Gasteiger partial charge in [-0.25, -0.2) is 0 Å². The highest BCUT2D eigenvalue weighted by Crippen LogP contribution is 2.69. The van der Waals surface area contributed by atoms with Gasteiger partial charge in [-0.1, -0.05) is 20.8 Å². The van der Waals surface area contributed by atoms with Crippen LogP contribution in [0.15, 0.2) is 0 Å². The number of aliphatic carboxylic acids is 1. The maximum Gasteiger partial charge on any atom is 0.303 e. The fourth-order valence-corrected chi connectivity index (χ4v) is 9.12. The van der Waals surface area contributed by atoms with Gasteiger partial charge >= 0.3 is 5.97 Å². The summed E-state index contributed by atoms with van der Waals surface area (Å²) >= 11 is 0. The second kappa shape index (κ2) is 9.20. The molecule has 186 valence electrons. The number of carboxylic acid groups (broad SMARTS) is 1. The maximum atomic E-state index is 11.6. The van der Waals surface area contributed by atoms with Crippen LogP contribution in [0.4, 0.5) is 0 Å². The summed E-state index contributed by atoms with van der Waals surface area (Å²) in [6, 6.07) is 0. The highest BCUT2D eigenvalue weighted by Gasteiger charge is 2.67. The Morgan fingerprint density at radius 3 is 2.45 bits per heavy atom. The average Bonchev–Trinajstić information content (AvgIpc) is 3.12. The third kappa shape index (κ3) is 3.98. The molecule has 11 atom stereocenters. The van der Waals surface area contributed by atoms with Crippen LogP contribution in [0.25, 0.3) is 0 Å². The molecule has 4 saturated carbocycles. The summed E-state index contributed by atoms with van der Waals surface area (Å²) in [5.74, 6) is 0.644. The van der Waals surface area contributed by atoms with Crippen molar-refractivity contribution in [3.63, 3.8) is 0 Å². The molecule has 0 bridgehead atoms. The molecule has 0 aromatic rings. The molecular weight excluding hydrogens is 424 g/mol. The fraction of sp³-hybridized carbons (Fsp3) is 0.885. The summed E-state index contributed by atoms with van der Waals surface area (Å²) in [6.45, 7) is 7.86. The molecule has 0 aromatic heterocycles. The number of rotatable bonds is 8. The number of carbonyl (C=O) groups is 3. The van der Waals surface area contributed by atoms with Gasteiger partial charge in [0.05, 0.1) is 6.10 Å². The first kappa shape index (κ1) is 24.5. The molecule has 7 nitrogen and oxygen atoms in total. The zero-order valence-corrected chi connectivity index (χ0v) is 20.2. The summed E-state index contributed by atoms with van der Waals surface area (Å²) in [7, 11) is 0. The fourth-order valence-electron chi connectivity index (χ4n) is 9.12. The predicted molar refractivity (Wildman–Crippen MR) is 120 cm³/mol. The van der Waals surface area contributed by atoms with Crippen molar-refractivity contribution in [2.45, 2.75) is 96.9 Å². The largest absolute Gasteiger partial charge is 0.481 e. The lowest BCUT2D eigenvalue weighted by molar-refractivity contribution is -0.217. The minimum absolute atomic E-state index is 0.0193. The van der Waals surface area contributed by atoms with Crippen LogP contribution in [-0.4, -0.2) is 47.4 Å². The van der Waals surface area contributed by atoms with Crippen molar-refractivity contribution in [2.75, 3.05) is 0 Å². The second-order valence-corrected chi connectivity index (χ2v) is 11.8. The van der Waals surface area contributed by atoms with Crippen LogP contribution in [0.3, 0.4) is 0 Å². The van der Waals surface area contributed by atoms with Crippen LogP contribution >= 0.6 is 0 Å². The van der Waals surface area contributed by atoms with E-state index in [9.17, 15) is 24.6 Å². The van der Waals surface area contributed by atoms with Crippen molar-refractivity contribution in [3.8, 4) is 0 Å². The Kier molecular flexibility index (Phi) is 6.83. The third-order valence-electron chi connectivity index (χ3n) is 10.7. The molecule has 0 heterocycles. The van der Waals surface area contributed by atoms with E-state index in [1.807, 2.05) is 0 Å². The van der Waals surface area contributed by atoms with Gasteiger partial charge in [0.2, 0.25) is 0 Å². The Balaban J connectivity index is 1.70. The SMILES string of the molecule is C[C@H](CCC(=O)O)C1CC[C@H]2[C@@H]3[C@H](OC=O)C[C@@H]4C[C@H](O)CC[C@]4(C)[C@H]3C[C@H](OC=O)[C@]12C. The molecule has 0 spiro atoms. The Bertz CT molecular complexity index is 755. The predicted octanol–water partition coefficient (Wildman–Crippen LogP) is 3.81. The summed E-state index contributed by atoms with van der Waals surface area (Å²) < 4.78 is 11.6. The van der Waals surface area contributed by atoms with Crippen molar-refractivity contribution in [2.24, 2.45) is 46.3 Å². The first-order valence-corrected chi connectivity index (χ1v) is 12.7. The molecule has 0 aromatic carbocycles. The lowest BCUT2D eigenvalue weighted by Gasteiger charge is -2.64. The van der Waals surface area contributed by atoms with Crippen molar-refractivity contribution >= 4 is 18.9 Å². The van der Waals surface area contributed by atoms with Crippen LogP contribution in [0.5, 0.6) is 0 Å². The highest BCUT2D eigenvalue weighted by atomic mass is 16.5. The lowest BCUT2D eigenvalue weighted by Crippen LogP contribution is -2.63. The second-order valence-electron chi connectivity index (χ2n) is 11.8. The van der Waals surface area contributed by atoms with Gasteiger partial charge in [-0.2, -0.15) is 0 Å². The van der Waals surface area contributed by atoms with E-state index >= 15 is 0 Å². The van der Waals surface area contributed by atoms with Crippen LogP contribution in [0.2, 0.25) is 0 Å². The lowest BCUT2D eigenvalue weighted by atomic mass is 9.43. The number of fused-ring (bicyclic) bond motifs is 5. The molecule has 4 aliphatic rings. The van der Waals surface area contributed by atoms with E-state index in [-0.39, 0.29) is 71.1 Å². The van der Waals surface area contributed by atoms with Gasteiger partial charge in [0.25, 0.3) is 12.9 Å². The van der Waals surface area contributed by atoms with Gasteiger partial charge < -0.3 is 19.7 Å². The number of hydrogen-bond acceptors (Lipinski definition) is 6. The van der Waals surface area contributed by atoms with Crippen molar-refractivity contribution in [1.82, 2.24) is 0 Å². The normalized spacial score (nSPS) is 47.4. The van der Waals surface area contributed by atoms with Crippen molar-refractivity contribution in [1.29, 1.82) is 0 Å². The van der Waals surface area contributed by atoms with Crippen LogP contribution in [0, 0.1) is 46.3 Å². The number of ether oxygens (including phenoxy) is 2. The molecule has 2 N–H and O–H groups in total. The van der Waals surface area contributed by atoms with Gasteiger partial charge in [-0.05, 0) is 86.4 Å². The van der Waals surface area contributed by atoms with E-state index in [1.54, 1.807) is 0 Å². The van der Waals surface area contributed by atoms with Gasteiger partial charge in [0.15, 0.2) is 0 Å². The van der Waals surface area contributed by atoms with E-state index < -0.39 is 5.97 Å². The monoisotopic (exact) mass is 464 g/mol. The first-order valence-electron chi connectivity index (χ1n) is 12.7. The van der Waals surface area contributed by atoms with E-state index in [1.165, 1.54) is 0 Å². The van der Waals surface area contributed by atoms with Gasteiger partial charge in [-0.3, -0.25) is 14.4 Å². The molecule has 1 unspecified atom stereocenters. The number of aliphatic hydroxyl groups excluding tert-OH is 1. The van der Waals surface area contributed by atoms with Gasteiger partial charge in [0, 0.05) is 17.8 Å². The highest BCUT2D eigenvalue weighted by molar-refractivity contribution is 5.66. The van der Waals surface area contributed by atoms with Crippen molar-refractivity contribution < 1.29 is 34.1 Å². The van der Waals surface area contributed by atoms with Gasteiger partial charge in [0.1, 0.15) is 12.2 Å². The van der Waals surface area contributed by atoms with Crippen LogP contribution < -0.4 is 0 Å². The molecule has 0 radical (unpaired) electrons. The molecule has 0 aliphatic heterocycles. The quantitative estimate of drug-likeness (QED) is 0.526. The number of hydrogen-bond donors (Lipinski definition) is 2. The first-order chi connectivity index (χ1) is 15.7. The molecule has 7 heteroatoms. The smallest absolute Gasteiger partial charge is 0.303 e. The van der Waals surface area contributed by atoms with Crippen molar-refractivity contribution in [3.05, 3.63) is 0 Å². The number of aliphatic hydroxyl groups is 1. The average molecular weight is 465 g/mol. The van der Waals surface area contributed by atoms with Gasteiger partial charge in [-0.15, -0.1) is 0 Å². The number of carbonyl (C=O) groups excluding carboxylic acids is 2. The number of carboxylic acids is 1. The Labute approximate surface area is 196 Å². The molecule has 0 amide bonds. The minimum atomic E-state index is -0.781. The van der Waals surface area contributed by atoms with Crippen LogP contribution in [-0.2, 0) is 23.9 Å². The summed E-state index contributed by atoms with van der Waals surface area (Å²) in [4.78, 5) is 34.3. The third-order valence-corrected chi connectivity index (χ3v) is 10.7. The van der Waals surface area contributed by atoms with E-state index in [0.717, 1.165) is 44.9 Å². The molecule has 4 rings (SSSR count). The Morgan fingerprint density at radius 2 is 1.79 bits per heavy atom. The molecule has 4 aliphatic carbocycles. The molecule has 33 heavy (non-hydrogen) atoms. The Morgan fingerprint density at radius 1 is 1.06 bits per heavy atom. The van der Waals surface area contributed by atoms with E-state index in [2.05, 4.69) is 20.8 Å². The van der Waals surface area contributed by atoms with E-state index in [0.29, 0.717) is 19.4 Å². The molecule has 0 saturated heterocycles. The zero-order chi connectivity index (χ0) is 24.0. The zero-order valence-electron chi connectivity index (χ0n) is 20.2. The standard InChI is InChI=1S/C26H40O7/c1-15(4-7-23(30)31)18-5-6-19-24-20(12-22(33-14-28)26(18,19)3)25(2)9-8-17(29)10-16(25)11-21(24)32-13-27/h13-22,24,29H,4-12H2,1-3H3,(H,30,31)/t15-,16+,17-,18?,19+,20+,21-,22+,24+,25+,26-/m1/s1. The summed E-state index contributed by atoms with van der Waals surface area (Å²) in [5.41, 5.74) is -0.257. The Hall–Kier alpha value is -1.63. The molecule has 4 fully saturated rings. The van der Waals surface area contributed by atoms with Crippen LogP contribution in [0.1, 0.15) is 78.6 Å².